The summed E-state index contributed by atoms with van der Waals surface area (Å²) in [6.07, 6.45) is 6.61. The van der Waals surface area contributed by atoms with Crippen molar-refractivity contribution in [3.05, 3.63) is 28.2 Å². The zero-order chi connectivity index (χ0) is 12.4. The molecule has 1 unspecified atom stereocenters. The average molecular weight is 309 g/mol. The van der Waals surface area contributed by atoms with E-state index in [1.807, 2.05) is 0 Å². The second-order valence-corrected chi connectivity index (χ2v) is 6.26. The molecule has 0 spiro atoms. The Morgan fingerprint density at radius 1 is 1.11 bits per heavy atom. The van der Waals surface area contributed by atoms with Crippen LogP contribution in [0, 0.1) is 0 Å². The molecule has 3 rings (SSSR count). The van der Waals surface area contributed by atoms with E-state index in [0.717, 1.165) is 6.54 Å². The topological polar surface area (TPSA) is 15.3 Å². The number of halogens is 1. The second-order valence-electron chi connectivity index (χ2n) is 5.41. The molecule has 2 heterocycles. The summed E-state index contributed by atoms with van der Waals surface area (Å²) in [6, 6.07) is 7.47. The third kappa shape index (κ3) is 2.57. The molecule has 2 aliphatic heterocycles. The number of nitrogens with zero attached hydrogens (tertiary/aromatic N) is 1. The van der Waals surface area contributed by atoms with Crippen LogP contribution < -0.4 is 10.2 Å². The number of hydrogen-bond acceptors (Lipinski definition) is 2. The molecule has 1 aromatic carbocycles. The van der Waals surface area contributed by atoms with Gasteiger partial charge in [-0.3, -0.25) is 0 Å². The van der Waals surface area contributed by atoms with Crippen LogP contribution in [0.4, 0.5) is 5.69 Å². The molecular weight excluding hydrogens is 288 g/mol. The summed E-state index contributed by atoms with van der Waals surface area (Å²) >= 11 is 3.75. The van der Waals surface area contributed by atoms with Gasteiger partial charge >= 0.3 is 0 Å². The van der Waals surface area contributed by atoms with Crippen LogP contribution in [0.5, 0.6) is 0 Å². The summed E-state index contributed by atoms with van der Waals surface area (Å²) in [7, 11) is 0. The molecule has 0 bridgehead atoms. The molecule has 0 amide bonds. The van der Waals surface area contributed by atoms with Gasteiger partial charge in [-0.15, -0.1) is 0 Å². The first-order valence-electron chi connectivity index (χ1n) is 7.12. The number of hydrogen-bond donors (Lipinski definition) is 1. The third-order valence-corrected chi connectivity index (χ3v) is 4.77. The quantitative estimate of drug-likeness (QED) is 0.892. The molecule has 0 aromatic heterocycles. The van der Waals surface area contributed by atoms with Gasteiger partial charge in [0.05, 0.1) is 5.69 Å². The van der Waals surface area contributed by atoms with Crippen molar-refractivity contribution < 1.29 is 0 Å². The number of nitrogens with one attached hydrogen (secondary N) is 1. The molecule has 18 heavy (non-hydrogen) atoms. The van der Waals surface area contributed by atoms with Crippen LogP contribution in [0.1, 0.15) is 43.7 Å². The van der Waals surface area contributed by atoms with Crippen molar-refractivity contribution in [2.24, 2.45) is 0 Å². The van der Waals surface area contributed by atoms with E-state index in [9.17, 15) is 0 Å². The van der Waals surface area contributed by atoms with Crippen molar-refractivity contribution in [1.29, 1.82) is 0 Å². The predicted octanol–water partition coefficient (Wildman–Crippen LogP) is 3.86. The first kappa shape index (κ1) is 12.5. The fourth-order valence-corrected chi connectivity index (χ4v) is 3.74. The summed E-state index contributed by atoms with van der Waals surface area (Å²) in [5, 5.41) is 3.62. The van der Waals surface area contributed by atoms with Gasteiger partial charge in [0.1, 0.15) is 0 Å². The van der Waals surface area contributed by atoms with E-state index in [-0.39, 0.29) is 0 Å². The predicted molar refractivity (Wildman–Crippen MR) is 80.2 cm³/mol. The van der Waals surface area contributed by atoms with Crippen molar-refractivity contribution >= 4 is 21.6 Å². The minimum Gasteiger partial charge on any atom is -0.371 e. The van der Waals surface area contributed by atoms with E-state index in [4.69, 9.17) is 0 Å². The lowest BCUT2D eigenvalue weighted by Gasteiger charge is -2.25. The van der Waals surface area contributed by atoms with Gasteiger partial charge in [0.15, 0.2) is 0 Å². The summed E-state index contributed by atoms with van der Waals surface area (Å²) in [5.74, 6) is 0. The Kier molecular flexibility index (Phi) is 3.90. The maximum absolute atomic E-state index is 3.75. The van der Waals surface area contributed by atoms with Crippen LogP contribution in [-0.4, -0.2) is 19.6 Å². The van der Waals surface area contributed by atoms with E-state index >= 15 is 0 Å². The molecule has 3 heteroatoms. The summed E-state index contributed by atoms with van der Waals surface area (Å²) in [4.78, 5) is 2.49. The molecule has 1 aromatic rings. The van der Waals surface area contributed by atoms with Crippen molar-refractivity contribution in [3.63, 3.8) is 0 Å². The molecule has 1 N–H and O–H groups in total. The van der Waals surface area contributed by atoms with E-state index in [0.29, 0.717) is 6.04 Å². The normalized spacial score (nSPS) is 24.5. The molecule has 2 nitrogen and oxygen atoms in total. The van der Waals surface area contributed by atoms with Crippen molar-refractivity contribution in [3.8, 4) is 0 Å². The molecule has 0 saturated carbocycles. The van der Waals surface area contributed by atoms with Crippen molar-refractivity contribution in [2.45, 2.75) is 38.1 Å². The molecule has 0 radical (unpaired) electrons. The largest absolute Gasteiger partial charge is 0.371 e. The first-order valence-corrected chi connectivity index (χ1v) is 7.92. The Hall–Kier alpha value is -0.540. The smallest absolute Gasteiger partial charge is 0.0510 e. The van der Waals surface area contributed by atoms with E-state index < -0.39 is 0 Å². The Balaban J connectivity index is 1.79. The summed E-state index contributed by atoms with van der Waals surface area (Å²) < 4.78 is 1.26. The molecule has 1 atom stereocenters. The van der Waals surface area contributed by atoms with Crippen LogP contribution in [0.25, 0.3) is 0 Å². The van der Waals surface area contributed by atoms with E-state index in [1.165, 1.54) is 60.9 Å². The monoisotopic (exact) mass is 308 g/mol. The lowest BCUT2D eigenvalue weighted by atomic mass is 9.97. The average Bonchev–Trinajstić information content (AvgIpc) is 2.93. The van der Waals surface area contributed by atoms with Gasteiger partial charge in [-0.2, -0.15) is 0 Å². The maximum Gasteiger partial charge on any atom is 0.0510 e. The highest BCUT2D eigenvalue weighted by molar-refractivity contribution is 9.10. The standard InChI is InChI=1S/C15H21BrN2/c16-13-11-12(14-5-1-2-8-17-14)6-7-15(13)18-9-3-4-10-18/h6-7,11,14,17H,1-5,8-10H2. The van der Waals surface area contributed by atoms with Gasteiger partial charge in [-0.25, -0.2) is 0 Å². The number of piperidine rings is 1. The lowest BCUT2D eigenvalue weighted by molar-refractivity contribution is 0.412. The zero-order valence-electron chi connectivity index (χ0n) is 10.8. The van der Waals surface area contributed by atoms with Crippen LogP contribution in [0.15, 0.2) is 22.7 Å². The van der Waals surface area contributed by atoms with E-state index in [1.54, 1.807) is 0 Å². The number of rotatable bonds is 2. The van der Waals surface area contributed by atoms with Gasteiger partial charge in [-0.05, 0) is 65.9 Å². The Morgan fingerprint density at radius 2 is 1.94 bits per heavy atom. The maximum atomic E-state index is 3.75. The molecule has 2 aliphatic rings. The molecule has 2 fully saturated rings. The van der Waals surface area contributed by atoms with Gasteiger partial charge in [-0.1, -0.05) is 12.5 Å². The minimum atomic E-state index is 0.558. The Bertz CT molecular complexity index is 407. The highest BCUT2D eigenvalue weighted by atomic mass is 79.9. The number of anilines is 1. The Morgan fingerprint density at radius 3 is 2.61 bits per heavy atom. The second kappa shape index (κ2) is 5.62. The highest BCUT2D eigenvalue weighted by Crippen LogP contribution is 2.33. The van der Waals surface area contributed by atoms with Gasteiger partial charge < -0.3 is 10.2 Å². The lowest BCUT2D eigenvalue weighted by Crippen LogP contribution is -2.27. The first-order chi connectivity index (χ1) is 8.84. The van der Waals surface area contributed by atoms with Gasteiger partial charge in [0, 0.05) is 23.6 Å². The summed E-state index contributed by atoms with van der Waals surface area (Å²) in [5.41, 5.74) is 2.80. The van der Waals surface area contributed by atoms with Crippen LogP contribution >= 0.6 is 15.9 Å². The third-order valence-electron chi connectivity index (χ3n) is 4.13. The fraction of sp³-hybridized carbons (Fsp3) is 0.600. The summed E-state index contributed by atoms with van der Waals surface area (Å²) in [6.45, 7) is 3.58. The van der Waals surface area contributed by atoms with Gasteiger partial charge in [0.2, 0.25) is 0 Å². The van der Waals surface area contributed by atoms with Crippen LogP contribution in [0.2, 0.25) is 0 Å². The Labute approximate surface area is 118 Å². The zero-order valence-corrected chi connectivity index (χ0v) is 12.4. The van der Waals surface area contributed by atoms with Crippen LogP contribution in [-0.2, 0) is 0 Å². The highest BCUT2D eigenvalue weighted by Gasteiger charge is 2.18. The van der Waals surface area contributed by atoms with Crippen molar-refractivity contribution in [1.82, 2.24) is 5.32 Å². The number of benzene rings is 1. The molecule has 98 valence electrons. The van der Waals surface area contributed by atoms with E-state index in [2.05, 4.69) is 44.3 Å². The SMILES string of the molecule is Brc1cc(C2CCCCN2)ccc1N1CCCC1. The van der Waals surface area contributed by atoms with Crippen LogP contribution in [0.3, 0.4) is 0 Å². The molecular formula is C15H21BrN2. The van der Waals surface area contributed by atoms with Crippen molar-refractivity contribution in [2.75, 3.05) is 24.5 Å². The minimum absolute atomic E-state index is 0.558. The van der Waals surface area contributed by atoms with Gasteiger partial charge in [0.25, 0.3) is 0 Å². The fourth-order valence-electron chi connectivity index (χ4n) is 3.09. The molecule has 0 aliphatic carbocycles. The molecule has 2 saturated heterocycles.